The molecule has 24 heavy (non-hydrogen) atoms. The fourth-order valence-electron chi connectivity index (χ4n) is 2.94. The van der Waals surface area contributed by atoms with E-state index in [0.29, 0.717) is 36.8 Å². The van der Waals surface area contributed by atoms with Gasteiger partial charge in [-0.1, -0.05) is 0 Å². The summed E-state index contributed by atoms with van der Waals surface area (Å²) in [6.45, 7) is 3.29. The van der Waals surface area contributed by atoms with Gasteiger partial charge in [-0.15, -0.1) is 0 Å². The summed E-state index contributed by atoms with van der Waals surface area (Å²) >= 11 is 0. The van der Waals surface area contributed by atoms with E-state index in [1.807, 2.05) is 19.1 Å². The van der Waals surface area contributed by atoms with Crippen molar-refractivity contribution in [3.8, 4) is 11.5 Å². The molecule has 8 nitrogen and oxygen atoms in total. The van der Waals surface area contributed by atoms with E-state index in [1.165, 1.54) is 0 Å². The zero-order valence-electron chi connectivity index (χ0n) is 13.2. The average molecular weight is 327 g/mol. The summed E-state index contributed by atoms with van der Waals surface area (Å²) in [5.41, 5.74) is 3.00. The van der Waals surface area contributed by atoms with Gasteiger partial charge < -0.3 is 14.4 Å². The lowest BCUT2D eigenvalue weighted by atomic mass is 10.3. The molecule has 124 valence electrons. The summed E-state index contributed by atoms with van der Waals surface area (Å²) in [6, 6.07) is 5.40. The Labute approximate surface area is 137 Å². The number of aliphatic hydroxyl groups excluding tert-OH is 1. The zero-order valence-corrected chi connectivity index (χ0v) is 13.2. The van der Waals surface area contributed by atoms with Gasteiger partial charge in [-0.3, -0.25) is 14.6 Å². The second kappa shape index (κ2) is 5.64. The summed E-state index contributed by atoms with van der Waals surface area (Å²) in [6.07, 6.45) is 1.75. The molecule has 0 spiro atoms. The maximum absolute atomic E-state index is 12.7. The van der Waals surface area contributed by atoms with Gasteiger partial charge in [0.1, 0.15) is 11.5 Å². The molecule has 0 unspecified atom stereocenters. The van der Waals surface area contributed by atoms with Gasteiger partial charge in [0.25, 0.3) is 5.91 Å². The van der Waals surface area contributed by atoms with Crippen molar-refractivity contribution in [3.05, 3.63) is 47.1 Å². The maximum atomic E-state index is 12.7. The van der Waals surface area contributed by atoms with Gasteiger partial charge >= 0.3 is 0 Å². The first-order valence-corrected chi connectivity index (χ1v) is 7.71. The minimum atomic E-state index is -0.146. The number of amides is 1. The molecule has 0 saturated carbocycles. The summed E-state index contributed by atoms with van der Waals surface area (Å²) in [4.78, 5) is 14.4. The largest absolute Gasteiger partial charge is 0.460 e. The van der Waals surface area contributed by atoms with Crippen LogP contribution in [0.25, 0.3) is 11.5 Å². The van der Waals surface area contributed by atoms with E-state index in [1.54, 1.807) is 21.8 Å². The highest BCUT2D eigenvalue weighted by Crippen LogP contribution is 2.25. The van der Waals surface area contributed by atoms with Crippen LogP contribution in [0.5, 0.6) is 0 Å². The van der Waals surface area contributed by atoms with Gasteiger partial charge in [0.05, 0.1) is 31.6 Å². The van der Waals surface area contributed by atoms with E-state index in [0.717, 1.165) is 17.0 Å². The van der Waals surface area contributed by atoms with Gasteiger partial charge in [-0.25, -0.2) is 0 Å². The van der Waals surface area contributed by atoms with Crippen LogP contribution in [0, 0.1) is 6.92 Å². The molecule has 0 aliphatic carbocycles. The number of aryl methyl sites for hydroxylation is 1. The second-order valence-corrected chi connectivity index (χ2v) is 5.80. The minimum Gasteiger partial charge on any atom is -0.460 e. The van der Waals surface area contributed by atoms with Crippen LogP contribution in [0.1, 0.15) is 27.5 Å². The second-order valence-electron chi connectivity index (χ2n) is 5.80. The fourth-order valence-corrected chi connectivity index (χ4v) is 2.94. The van der Waals surface area contributed by atoms with Crippen LogP contribution in [0.4, 0.5) is 0 Å². The van der Waals surface area contributed by atoms with Gasteiger partial charge in [-0.05, 0) is 19.1 Å². The normalized spacial score (nSPS) is 13.5. The number of nitrogens with one attached hydrogen (secondary N) is 1. The van der Waals surface area contributed by atoms with Crippen molar-refractivity contribution in [2.75, 3.05) is 6.61 Å². The molecule has 2 N–H and O–H groups in total. The molecule has 0 aromatic carbocycles. The highest BCUT2D eigenvalue weighted by Gasteiger charge is 2.29. The Bertz CT molecular complexity index is 891. The van der Waals surface area contributed by atoms with Gasteiger partial charge in [-0.2, -0.15) is 10.2 Å². The number of furan rings is 1. The van der Waals surface area contributed by atoms with Crippen LogP contribution in [0.15, 0.2) is 28.8 Å². The minimum absolute atomic E-state index is 0.0212. The van der Waals surface area contributed by atoms with E-state index < -0.39 is 0 Å². The van der Waals surface area contributed by atoms with Crippen molar-refractivity contribution in [2.45, 2.75) is 26.6 Å². The maximum Gasteiger partial charge on any atom is 0.275 e. The number of carbonyl (C=O) groups is 1. The Morgan fingerprint density at radius 2 is 2.29 bits per heavy atom. The van der Waals surface area contributed by atoms with E-state index >= 15 is 0 Å². The first kappa shape index (κ1) is 14.7. The summed E-state index contributed by atoms with van der Waals surface area (Å²) in [7, 11) is 0. The predicted molar refractivity (Wildman–Crippen MR) is 83.9 cm³/mol. The summed E-state index contributed by atoms with van der Waals surface area (Å²) < 4.78 is 7.28. The van der Waals surface area contributed by atoms with Crippen molar-refractivity contribution in [1.29, 1.82) is 0 Å². The lowest BCUT2D eigenvalue weighted by Crippen LogP contribution is -2.26. The molecular formula is C16H17N5O3. The molecule has 0 radical (unpaired) electrons. The molecule has 1 aliphatic rings. The Hall–Kier alpha value is -2.87. The topological polar surface area (TPSA) is 100 Å². The molecule has 8 heteroatoms. The van der Waals surface area contributed by atoms with Crippen LogP contribution in [0.3, 0.4) is 0 Å². The Morgan fingerprint density at radius 3 is 3.04 bits per heavy atom. The highest BCUT2D eigenvalue weighted by molar-refractivity contribution is 5.93. The van der Waals surface area contributed by atoms with E-state index in [4.69, 9.17) is 9.52 Å². The lowest BCUT2D eigenvalue weighted by Gasteiger charge is -2.14. The molecule has 0 bridgehead atoms. The number of aromatic nitrogens is 4. The van der Waals surface area contributed by atoms with E-state index in [9.17, 15) is 4.79 Å². The highest BCUT2D eigenvalue weighted by atomic mass is 16.3. The quantitative estimate of drug-likeness (QED) is 0.753. The Kier molecular flexibility index (Phi) is 3.46. The number of H-pyrrole nitrogens is 1. The van der Waals surface area contributed by atoms with Crippen LogP contribution in [0.2, 0.25) is 0 Å². The lowest BCUT2D eigenvalue weighted by molar-refractivity contribution is 0.0741. The van der Waals surface area contributed by atoms with Crippen LogP contribution >= 0.6 is 0 Å². The molecule has 0 fully saturated rings. The fraction of sp³-hybridized carbons (Fsp3) is 0.312. The predicted octanol–water partition coefficient (Wildman–Crippen LogP) is 1.32. The molecule has 1 aliphatic heterocycles. The van der Waals surface area contributed by atoms with Gasteiger partial charge in [0, 0.05) is 18.2 Å². The van der Waals surface area contributed by atoms with Crippen molar-refractivity contribution < 1.29 is 14.3 Å². The SMILES string of the molecule is Cc1ccc(-c2cc(C(=O)N3Cc4cnn(CCO)c4C3)n[nH]2)o1. The number of hydrogen-bond donors (Lipinski definition) is 2. The smallest absolute Gasteiger partial charge is 0.275 e. The van der Waals surface area contributed by atoms with Gasteiger partial charge in [0.15, 0.2) is 11.5 Å². The molecule has 4 heterocycles. The number of rotatable bonds is 4. The van der Waals surface area contributed by atoms with Crippen LogP contribution in [-0.2, 0) is 19.6 Å². The van der Waals surface area contributed by atoms with E-state index in [-0.39, 0.29) is 12.5 Å². The number of fused-ring (bicyclic) bond motifs is 1. The molecule has 1 amide bonds. The number of aromatic amines is 1. The number of carbonyl (C=O) groups excluding carboxylic acids is 1. The monoisotopic (exact) mass is 327 g/mol. The molecular weight excluding hydrogens is 310 g/mol. The van der Waals surface area contributed by atoms with Crippen molar-refractivity contribution in [2.24, 2.45) is 0 Å². The third-order valence-corrected chi connectivity index (χ3v) is 4.14. The van der Waals surface area contributed by atoms with Crippen molar-refractivity contribution in [1.82, 2.24) is 24.9 Å². The van der Waals surface area contributed by atoms with Crippen molar-refractivity contribution in [3.63, 3.8) is 0 Å². The number of hydrogen-bond acceptors (Lipinski definition) is 5. The first-order chi connectivity index (χ1) is 11.7. The first-order valence-electron chi connectivity index (χ1n) is 7.71. The van der Waals surface area contributed by atoms with Crippen LogP contribution in [-0.4, -0.2) is 42.5 Å². The zero-order chi connectivity index (χ0) is 16.7. The molecule has 0 atom stereocenters. The standard InChI is InChI=1S/C16H17N5O3/c1-10-2-3-15(24-10)12-6-13(19-18-12)16(23)20-8-11-7-17-21(4-5-22)14(11)9-20/h2-3,6-7,22H,4-5,8-9H2,1H3,(H,18,19). The molecule has 3 aromatic heterocycles. The molecule has 3 aromatic rings. The summed E-state index contributed by atoms with van der Waals surface area (Å²) in [5, 5.41) is 20.3. The summed E-state index contributed by atoms with van der Waals surface area (Å²) in [5.74, 6) is 1.31. The Balaban J connectivity index is 1.52. The Morgan fingerprint density at radius 1 is 1.42 bits per heavy atom. The number of nitrogens with zero attached hydrogens (tertiary/aromatic N) is 4. The molecule has 0 saturated heterocycles. The van der Waals surface area contributed by atoms with Crippen LogP contribution < -0.4 is 0 Å². The average Bonchev–Trinajstić information content (AvgIpc) is 3.30. The van der Waals surface area contributed by atoms with Crippen molar-refractivity contribution >= 4 is 5.91 Å². The third-order valence-electron chi connectivity index (χ3n) is 4.14. The molecule has 4 rings (SSSR count). The van der Waals surface area contributed by atoms with E-state index in [2.05, 4.69) is 15.3 Å². The van der Waals surface area contributed by atoms with Gasteiger partial charge in [0.2, 0.25) is 0 Å². The number of aliphatic hydroxyl groups is 1. The third kappa shape index (κ3) is 2.41.